The van der Waals surface area contributed by atoms with E-state index in [4.69, 9.17) is 0 Å². The van der Waals surface area contributed by atoms with Gasteiger partial charge in [-0.15, -0.1) is 24.0 Å². The van der Waals surface area contributed by atoms with Gasteiger partial charge in [0, 0.05) is 33.7 Å². The van der Waals surface area contributed by atoms with Crippen LogP contribution in [0.2, 0.25) is 0 Å². The minimum atomic E-state index is -3.08. The van der Waals surface area contributed by atoms with Crippen LogP contribution in [0.4, 0.5) is 0 Å². The standard InChI is InChI=1S/C20H30N6O2S.HI/c1-21-20(23-13-16-9-11-26(12-10-16)29(3,27)28)25(2)15-19-22-14-18(24-19)17-7-5-4-6-8-17;/h4-8,14,16H,9-13,15H2,1-3H3,(H,21,23)(H,22,24);1H. The first-order valence-electron chi connectivity index (χ1n) is 9.83. The highest BCUT2D eigenvalue weighted by atomic mass is 127. The van der Waals surface area contributed by atoms with E-state index in [2.05, 4.69) is 32.4 Å². The number of aromatic nitrogens is 2. The predicted octanol–water partition coefficient (Wildman–Crippen LogP) is 2.37. The highest BCUT2D eigenvalue weighted by Crippen LogP contribution is 2.19. The molecule has 10 heteroatoms. The average Bonchev–Trinajstić information content (AvgIpc) is 3.17. The Bertz CT molecular complexity index is 924. The van der Waals surface area contributed by atoms with Crippen LogP contribution in [0.15, 0.2) is 41.5 Å². The van der Waals surface area contributed by atoms with Crippen molar-refractivity contribution < 1.29 is 8.42 Å². The molecule has 1 saturated heterocycles. The molecule has 166 valence electrons. The van der Waals surface area contributed by atoms with Gasteiger partial charge in [-0.1, -0.05) is 30.3 Å². The van der Waals surface area contributed by atoms with Gasteiger partial charge in [0.25, 0.3) is 0 Å². The fraction of sp³-hybridized carbons (Fsp3) is 0.500. The van der Waals surface area contributed by atoms with Gasteiger partial charge in [0.1, 0.15) is 5.82 Å². The van der Waals surface area contributed by atoms with E-state index >= 15 is 0 Å². The molecule has 0 radical (unpaired) electrons. The first-order chi connectivity index (χ1) is 13.9. The number of benzene rings is 1. The van der Waals surface area contributed by atoms with E-state index in [0.29, 0.717) is 25.6 Å². The lowest BCUT2D eigenvalue weighted by molar-refractivity contribution is 0.273. The number of halogens is 1. The topological polar surface area (TPSA) is 93.7 Å². The van der Waals surface area contributed by atoms with Gasteiger partial charge in [-0.05, 0) is 24.3 Å². The van der Waals surface area contributed by atoms with Crippen molar-refractivity contribution in [2.45, 2.75) is 19.4 Å². The molecule has 0 saturated carbocycles. The second-order valence-electron chi connectivity index (χ2n) is 7.50. The lowest BCUT2D eigenvalue weighted by Gasteiger charge is -2.31. The van der Waals surface area contributed by atoms with E-state index in [0.717, 1.165) is 42.4 Å². The fourth-order valence-electron chi connectivity index (χ4n) is 3.57. The Morgan fingerprint density at radius 1 is 1.30 bits per heavy atom. The number of piperidine rings is 1. The van der Waals surface area contributed by atoms with Crippen LogP contribution < -0.4 is 5.32 Å². The van der Waals surface area contributed by atoms with Crippen molar-refractivity contribution in [2.24, 2.45) is 10.9 Å². The van der Waals surface area contributed by atoms with Crippen LogP contribution in [0.1, 0.15) is 18.7 Å². The van der Waals surface area contributed by atoms with E-state index in [1.54, 1.807) is 11.4 Å². The highest BCUT2D eigenvalue weighted by Gasteiger charge is 2.25. The summed E-state index contributed by atoms with van der Waals surface area (Å²) in [5.41, 5.74) is 2.10. The Kier molecular flexibility index (Phi) is 9.10. The van der Waals surface area contributed by atoms with Crippen LogP contribution in [0.3, 0.4) is 0 Å². The van der Waals surface area contributed by atoms with Crippen LogP contribution in [0, 0.1) is 5.92 Å². The van der Waals surface area contributed by atoms with Crippen LogP contribution >= 0.6 is 24.0 Å². The van der Waals surface area contributed by atoms with E-state index in [1.165, 1.54) is 6.26 Å². The number of aliphatic imine (C=N–C) groups is 1. The maximum Gasteiger partial charge on any atom is 0.211 e. The molecule has 8 nitrogen and oxygen atoms in total. The fourth-order valence-corrected chi connectivity index (χ4v) is 4.45. The number of aromatic amines is 1. The minimum Gasteiger partial charge on any atom is -0.356 e. The number of nitrogens with zero attached hydrogens (tertiary/aromatic N) is 4. The zero-order valence-corrected chi connectivity index (χ0v) is 20.9. The van der Waals surface area contributed by atoms with Crippen LogP contribution in [0.25, 0.3) is 11.3 Å². The number of guanidine groups is 1. The molecule has 0 unspecified atom stereocenters. The van der Waals surface area contributed by atoms with E-state index in [1.807, 2.05) is 36.3 Å². The molecule has 3 rings (SSSR count). The Hall–Kier alpha value is -1.66. The molecule has 2 N–H and O–H groups in total. The summed E-state index contributed by atoms with van der Waals surface area (Å²) in [5, 5.41) is 3.42. The third-order valence-corrected chi connectivity index (χ3v) is 6.57. The van der Waals surface area contributed by atoms with Crippen LogP contribution in [-0.2, 0) is 16.6 Å². The van der Waals surface area contributed by atoms with Crippen molar-refractivity contribution in [1.29, 1.82) is 0 Å². The van der Waals surface area contributed by atoms with Crippen LogP contribution in [-0.4, -0.2) is 73.5 Å². The molecule has 2 heterocycles. The number of imidazole rings is 1. The van der Waals surface area contributed by atoms with Gasteiger partial charge in [0.2, 0.25) is 10.0 Å². The first kappa shape index (κ1) is 24.6. The summed E-state index contributed by atoms with van der Waals surface area (Å²) in [6.45, 7) is 2.57. The van der Waals surface area contributed by atoms with Crippen LogP contribution in [0.5, 0.6) is 0 Å². The summed E-state index contributed by atoms with van der Waals surface area (Å²) in [5.74, 6) is 2.11. The van der Waals surface area contributed by atoms with E-state index < -0.39 is 10.0 Å². The molecule has 1 aliphatic heterocycles. The van der Waals surface area contributed by atoms with Crippen molar-refractivity contribution in [1.82, 2.24) is 24.5 Å². The number of rotatable bonds is 6. The van der Waals surface area contributed by atoms with E-state index in [-0.39, 0.29) is 24.0 Å². The molecule has 0 amide bonds. The summed E-state index contributed by atoms with van der Waals surface area (Å²) in [4.78, 5) is 14.3. The number of nitrogens with one attached hydrogen (secondary N) is 2. The molecule has 0 atom stereocenters. The molecule has 1 fully saturated rings. The third-order valence-electron chi connectivity index (χ3n) is 5.26. The third kappa shape index (κ3) is 6.67. The summed E-state index contributed by atoms with van der Waals surface area (Å²) >= 11 is 0. The quantitative estimate of drug-likeness (QED) is 0.330. The van der Waals surface area contributed by atoms with Gasteiger partial charge in [-0.25, -0.2) is 17.7 Å². The first-order valence-corrected chi connectivity index (χ1v) is 11.7. The molecule has 2 aromatic rings. The number of sulfonamides is 1. The average molecular weight is 546 g/mol. The summed E-state index contributed by atoms with van der Waals surface area (Å²) in [6.07, 6.45) is 4.85. The van der Waals surface area contributed by atoms with Gasteiger partial charge in [-0.3, -0.25) is 4.99 Å². The second-order valence-corrected chi connectivity index (χ2v) is 9.48. The molecule has 0 aliphatic carbocycles. The number of hydrogen-bond acceptors (Lipinski definition) is 4. The monoisotopic (exact) mass is 546 g/mol. The smallest absolute Gasteiger partial charge is 0.211 e. The Morgan fingerprint density at radius 3 is 2.57 bits per heavy atom. The molecule has 30 heavy (non-hydrogen) atoms. The lowest BCUT2D eigenvalue weighted by atomic mass is 9.98. The summed E-state index contributed by atoms with van der Waals surface area (Å²) in [7, 11) is 0.664. The molecule has 1 aliphatic rings. The van der Waals surface area contributed by atoms with Gasteiger partial charge in [0.15, 0.2) is 5.96 Å². The minimum absolute atomic E-state index is 0. The predicted molar refractivity (Wildman–Crippen MR) is 131 cm³/mol. The summed E-state index contributed by atoms with van der Waals surface area (Å²) < 4.78 is 24.8. The molecule has 1 aromatic carbocycles. The molecule has 1 aromatic heterocycles. The maximum absolute atomic E-state index is 11.6. The van der Waals surface area contributed by atoms with Gasteiger partial charge >= 0.3 is 0 Å². The molecular weight excluding hydrogens is 515 g/mol. The highest BCUT2D eigenvalue weighted by molar-refractivity contribution is 14.0. The van der Waals surface area contributed by atoms with Crippen molar-refractivity contribution >= 4 is 40.0 Å². The van der Waals surface area contributed by atoms with Gasteiger partial charge in [-0.2, -0.15) is 0 Å². The molecule has 0 bridgehead atoms. The molecule has 0 spiro atoms. The number of hydrogen-bond donors (Lipinski definition) is 2. The normalized spacial score (nSPS) is 16.2. The number of H-pyrrole nitrogens is 1. The maximum atomic E-state index is 11.6. The zero-order chi connectivity index (χ0) is 20.9. The van der Waals surface area contributed by atoms with Gasteiger partial charge < -0.3 is 15.2 Å². The Balaban J connectivity index is 0.00000320. The van der Waals surface area contributed by atoms with Crippen molar-refractivity contribution in [3.05, 3.63) is 42.4 Å². The SMILES string of the molecule is CN=C(NCC1CCN(S(C)(=O)=O)CC1)N(C)Cc1ncc(-c2ccccc2)[nH]1.I. The Labute approximate surface area is 196 Å². The van der Waals surface area contributed by atoms with Crippen molar-refractivity contribution in [3.63, 3.8) is 0 Å². The second kappa shape index (κ2) is 11.1. The Morgan fingerprint density at radius 2 is 1.97 bits per heavy atom. The van der Waals surface area contributed by atoms with Gasteiger partial charge in [0.05, 0.1) is 24.7 Å². The van der Waals surface area contributed by atoms with E-state index in [9.17, 15) is 8.42 Å². The lowest BCUT2D eigenvalue weighted by Crippen LogP contribution is -2.44. The molecular formula is C20H31IN6O2S. The summed E-state index contributed by atoms with van der Waals surface area (Å²) in [6, 6.07) is 10.1. The largest absolute Gasteiger partial charge is 0.356 e. The zero-order valence-electron chi connectivity index (χ0n) is 17.7. The van der Waals surface area contributed by atoms with Crippen molar-refractivity contribution in [2.75, 3.05) is 40.0 Å². The van der Waals surface area contributed by atoms with Crippen molar-refractivity contribution in [3.8, 4) is 11.3 Å².